The smallest absolute Gasteiger partial charge is 0.545 e. The number of imidazole rings is 1. The minimum absolute atomic E-state index is 0. The van der Waals surface area contributed by atoms with Crippen molar-refractivity contribution in [3.63, 3.8) is 0 Å². The molecule has 3 heterocycles. The molecule has 12 heteroatoms. The van der Waals surface area contributed by atoms with Gasteiger partial charge in [0.05, 0.1) is 35.3 Å². The average Bonchev–Trinajstić information content (AvgIpc) is 3.57. The Labute approximate surface area is 253 Å². The van der Waals surface area contributed by atoms with Crippen LogP contribution < -0.4 is 34.7 Å². The summed E-state index contributed by atoms with van der Waals surface area (Å²) >= 11 is 12.4. The zero-order valence-electron chi connectivity index (χ0n) is 20.7. The number of halogens is 2. The van der Waals surface area contributed by atoms with Crippen LogP contribution in [0.1, 0.15) is 27.2 Å². The monoisotopic (exact) mass is 566 g/mol. The molecular weight excluding hydrogens is 550 g/mol. The van der Waals surface area contributed by atoms with Crippen LogP contribution >= 0.6 is 23.2 Å². The van der Waals surface area contributed by atoms with Gasteiger partial charge in [0.2, 0.25) is 0 Å². The second kappa shape index (κ2) is 10.3. The maximum atomic E-state index is 12.5. The fraction of sp³-hybridized carbons (Fsp3) is 0.0741. The predicted molar refractivity (Wildman–Crippen MR) is 140 cm³/mol. The zero-order valence-corrected chi connectivity index (χ0v) is 24.2. The van der Waals surface area contributed by atoms with Gasteiger partial charge in [-0.3, -0.25) is 0 Å². The van der Waals surface area contributed by atoms with Crippen LogP contribution in [0.4, 0.5) is 0 Å². The Morgan fingerprint density at radius 1 is 1.00 bits per heavy atom. The number of benzene rings is 3. The summed E-state index contributed by atoms with van der Waals surface area (Å²) in [6.07, 6.45) is 3.17. The summed E-state index contributed by atoms with van der Waals surface area (Å²) < 4.78 is 3.05. The fourth-order valence-corrected chi connectivity index (χ4v) is 5.21. The van der Waals surface area contributed by atoms with Gasteiger partial charge >= 0.3 is 29.6 Å². The van der Waals surface area contributed by atoms with Crippen LogP contribution in [-0.4, -0.2) is 40.7 Å². The van der Waals surface area contributed by atoms with Gasteiger partial charge in [0.25, 0.3) is 0 Å². The van der Waals surface area contributed by atoms with Crippen molar-refractivity contribution in [3.8, 4) is 11.1 Å². The molecule has 0 aliphatic heterocycles. The molecule has 0 aliphatic carbocycles. The third kappa shape index (κ3) is 4.41. The van der Waals surface area contributed by atoms with Gasteiger partial charge in [-0.15, -0.1) is 5.10 Å². The molecule has 3 aromatic heterocycles. The number of aliphatic hydroxyl groups is 1. The van der Waals surface area contributed by atoms with Gasteiger partial charge in [-0.1, -0.05) is 53.5 Å². The minimum Gasteiger partial charge on any atom is -0.545 e. The van der Waals surface area contributed by atoms with E-state index in [0.29, 0.717) is 48.9 Å². The summed E-state index contributed by atoms with van der Waals surface area (Å²) in [5.74, 6) is -1.45. The number of carboxylic acids is 1. The second-order valence-corrected chi connectivity index (χ2v) is 9.67. The molecular formula is C27H17Cl2N6NaO3. The predicted octanol–water partition coefficient (Wildman–Crippen LogP) is 0.637. The minimum atomic E-state index is -1.67. The van der Waals surface area contributed by atoms with Gasteiger partial charge in [-0.25, -0.2) is 4.98 Å². The topological polar surface area (TPSA) is 121 Å². The van der Waals surface area contributed by atoms with Gasteiger partial charge in [0, 0.05) is 28.0 Å². The number of aromatic nitrogens is 6. The van der Waals surface area contributed by atoms with E-state index >= 15 is 0 Å². The maximum absolute atomic E-state index is 12.5. The zero-order chi connectivity index (χ0) is 26.6. The molecule has 6 aromatic rings. The van der Waals surface area contributed by atoms with Crippen LogP contribution in [0.3, 0.4) is 0 Å². The Bertz CT molecular complexity index is 1870. The van der Waals surface area contributed by atoms with Crippen molar-refractivity contribution in [1.82, 2.24) is 29.6 Å². The maximum Gasteiger partial charge on any atom is 1.00 e. The summed E-state index contributed by atoms with van der Waals surface area (Å²) in [6, 6.07) is 18.8. The normalized spacial score (nSPS) is 12.8. The van der Waals surface area contributed by atoms with E-state index in [1.807, 2.05) is 0 Å². The number of fused-ring (bicyclic) bond motifs is 3. The summed E-state index contributed by atoms with van der Waals surface area (Å²) in [5.41, 5.74) is 1.01. The molecule has 0 aliphatic rings. The van der Waals surface area contributed by atoms with Gasteiger partial charge in [0.1, 0.15) is 0 Å². The number of aryl methyl sites for hydroxylation is 1. The van der Waals surface area contributed by atoms with E-state index in [9.17, 15) is 15.0 Å². The molecule has 1 unspecified atom stereocenters. The Morgan fingerprint density at radius 3 is 2.41 bits per heavy atom. The quantitative estimate of drug-likeness (QED) is 0.304. The first-order valence-corrected chi connectivity index (χ1v) is 12.2. The molecule has 39 heavy (non-hydrogen) atoms. The number of carbonyl (C=O) groups excluding carboxylic acids is 1. The standard InChI is InChI=1S/C27H18Cl2N6O3.Na/c1-34-14-30-13-22(34)27(38,16-5-8-18(28)9-6-16)17-7-10-21-20(12-17)23(15-3-2-4-19(29)11-15)24(26(36)37)25-31-32-33-35(21)25;/h2-14,38H,1H3,(H,36,37);/q;+1/p-1. The Kier molecular flexibility index (Phi) is 7.23. The van der Waals surface area contributed by atoms with Crippen molar-refractivity contribution in [2.24, 2.45) is 7.05 Å². The number of carboxylic acid groups (broad SMARTS) is 1. The largest absolute Gasteiger partial charge is 1.00 e. The van der Waals surface area contributed by atoms with Gasteiger partial charge in [-0.05, 0) is 63.5 Å². The van der Waals surface area contributed by atoms with Gasteiger partial charge in [0.15, 0.2) is 11.2 Å². The first kappa shape index (κ1) is 27.3. The first-order chi connectivity index (χ1) is 18.3. The third-order valence-corrected chi connectivity index (χ3v) is 7.11. The number of hydrogen-bond acceptors (Lipinski definition) is 7. The fourth-order valence-electron chi connectivity index (χ4n) is 4.89. The SMILES string of the molecule is Cn1cncc1C(O)(c1ccc(Cl)cc1)c1ccc2c(c1)c(-c1cccc(Cl)c1)c(C(=O)[O-])c1nnnn12.[Na+]. The number of pyridine rings is 1. The number of hydrogen-bond donors (Lipinski definition) is 1. The summed E-state index contributed by atoms with van der Waals surface area (Å²) in [5, 5.41) is 37.9. The Morgan fingerprint density at radius 2 is 1.74 bits per heavy atom. The molecule has 0 saturated heterocycles. The summed E-state index contributed by atoms with van der Waals surface area (Å²) in [6.45, 7) is 0. The molecule has 0 saturated carbocycles. The molecule has 0 spiro atoms. The number of rotatable bonds is 5. The molecule has 9 nitrogen and oxygen atoms in total. The molecule has 0 bridgehead atoms. The molecule has 188 valence electrons. The average molecular weight is 567 g/mol. The molecule has 0 amide bonds. The van der Waals surface area contributed by atoms with Crippen LogP contribution in [-0.2, 0) is 12.6 Å². The number of carbonyl (C=O) groups is 1. The Hall–Kier alpha value is -3.31. The molecule has 6 rings (SSSR count). The summed E-state index contributed by atoms with van der Waals surface area (Å²) in [4.78, 5) is 16.7. The molecule has 0 radical (unpaired) electrons. The summed E-state index contributed by atoms with van der Waals surface area (Å²) in [7, 11) is 1.78. The van der Waals surface area contributed by atoms with E-state index < -0.39 is 11.6 Å². The van der Waals surface area contributed by atoms with E-state index in [-0.39, 0.29) is 40.8 Å². The van der Waals surface area contributed by atoms with Crippen molar-refractivity contribution in [3.05, 3.63) is 112 Å². The van der Waals surface area contributed by atoms with Crippen molar-refractivity contribution in [1.29, 1.82) is 0 Å². The number of nitrogens with zero attached hydrogens (tertiary/aromatic N) is 6. The van der Waals surface area contributed by atoms with Gasteiger partial charge < -0.3 is 19.6 Å². The van der Waals surface area contributed by atoms with Crippen LogP contribution in [0, 0.1) is 0 Å². The molecule has 1 atom stereocenters. The molecule has 0 fully saturated rings. The van der Waals surface area contributed by atoms with Crippen LogP contribution in [0.25, 0.3) is 27.7 Å². The van der Waals surface area contributed by atoms with Crippen molar-refractivity contribution in [2.75, 3.05) is 0 Å². The van der Waals surface area contributed by atoms with E-state index in [4.69, 9.17) is 23.2 Å². The number of tetrazole rings is 1. The van der Waals surface area contributed by atoms with Crippen molar-refractivity contribution >= 4 is 45.7 Å². The van der Waals surface area contributed by atoms with E-state index in [2.05, 4.69) is 20.5 Å². The van der Waals surface area contributed by atoms with Gasteiger partial charge in [-0.2, -0.15) is 4.52 Å². The molecule has 1 N–H and O–H groups in total. The van der Waals surface area contributed by atoms with E-state index in [1.165, 1.54) is 4.52 Å². The van der Waals surface area contributed by atoms with Crippen LogP contribution in [0.2, 0.25) is 10.0 Å². The third-order valence-electron chi connectivity index (χ3n) is 6.62. The second-order valence-electron chi connectivity index (χ2n) is 8.80. The van der Waals surface area contributed by atoms with Crippen LogP contribution in [0.5, 0.6) is 0 Å². The van der Waals surface area contributed by atoms with E-state index in [0.717, 1.165) is 0 Å². The van der Waals surface area contributed by atoms with Crippen LogP contribution in [0.15, 0.2) is 79.3 Å². The number of aromatic carboxylic acids is 1. The molecule has 3 aromatic carbocycles. The van der Waals surface area contributed by atoms with Crippen molar-refractivity contribution in [2.45, 2.75) is 5.60 Å². The first-order valence-electron chi connectivity index (χ1n) is 11.4. The van der Waals surface area contributed by atoms with Crippen molar-refractivity contribution < 1.29 is 44.6 Å². The Balaban J connectivity index is 0.00000308. The van der Waals surface area contributed by atoms with E-state index in [1.54, 1.807) is 90.9 Å².